The Bertz CT molecular complexity index is 593. The summed E-state index contributed by atoms with van der Waals surface area (Å²) >= 11 is 6.19. The number of hydrogen-bond donors (Lipinski definition) is 1. The van der Waals surface area contributed by atoms with Gasteiger partial charge in [0.15, 0.2) is 0 Å². The lowest BCUT2D eigenvalue weighted by Gasteiger charge is -2.12. The van der Waals surface area contributed by atoms with Gasteiger partial charge in [-0.2, -0.15) is 0 Å². The third kappa shape index (κ3) is 2.96. The normalized spacial score (nSPS) is 14.6. The molecule has 0 heterocycles. The summed E-state index contributed by atoms with van der Waals surface area (Å²) in [6.07, 6.45) is 2.51. The molecule has 1 N–H and O–H groups in total. The van der Waals surface area contributed by atoms with Crippen molar-refractivity contribution in [3.8, 4) is 11.1 Å². The van der Waals surface area contributed by atoms with Crippen LogP contribution in [-0.4, -0.2) is 6.04 Å². The van der Waals surface area contributed by atoms with Gasteiger partial charge in [-0.3, -0.25) is 0 Å². The summed E-state index contributed by atoms with van der Waals surface area (Å²) in [7, 11) is 0. The molecule has 2 aromatic carbocycles. The maximum absolute atomic E-state index is 13.4. The fourth-order valence-electron chi connectivity index (χ4n) is 2.18. The lowest BCUT2D eigenvalue weighted by Crippen LogP contribution is -2.15. The maximum atomic E-state index is 13.4. The van der Waals surface area contributed by atoms with Gasteiger partial charge in [0.05, 0.1) is 0 Å². The van der Waals surface area contributed by atoms with Gasteiger partial charge in [-0.25, -0.2) is 4.39 Å². The molecule has 98 valence electrons. The zero-order chi connectivity index (χ0) is 13.2. The molecule has 0 spiro atoms. The molecule has 0 radical (unpaired) electrons. The summed E-state index contributed by atoms with van der Waals surface area (Å²) in [6, 6.07) is 13.1. The molecular formula is C16H15ClFN. The molecule has 1 nitrogen and oxygen atoms in total. The van der Waals surface area contributed by atoms with E-state index in [0.717, 1.165) is 23.2 Å². The van der Waals surface area contributed by atoms with Crippen LogP contribution in [0.15, 0.2) is 42.5 Å². The van der Waals surface area contributed by atoms with Crippen LogP contribution in [-0.2, 0) is 6.54 Å². The zero-order valence-corrected chi connectivity index (χ0v) is 11.3. The number of halogens is 2. The largest absolute Gasteiger partial charge is 0.310 e. The van der Waals surface area contributed by atoms with E-state index in [1.54, 1.807) is 6.07 Å². The Labute approximate surface area is 117 Å². The Balaban J connectivity index is 1.95. The maximum Gasteiger partial charge on any atom is 0.123 e. The molecule has 0 amide bonds. The van der Waals surface area contributed by atoms with Crippen LogP contribution >= 0.6 is 11.6 Å². The van der Waals surface area contributed by atoms with Gasteiger partial charge >= 0.3 is 0 Å². The van der Waals surface area contributed by atoms with E-state index in [9.17, 15) is 4.39 Å². The van der Waals surface area contributed by atoms with Crippen LogP contribution in [0, 0.1) is 5.82 Å². The Morgan fingerprint density at radius 2 is 1.89 bits per heavy atom. The van der Waals surface area contributed by atoms with Crippen molar-refractivity contribution in [1.82, 2.24) is 5.32 Å². The van der Waals surface area contributed by atoms with Gasteiger partial charge in [0.25, 0.3) is 0 Å². The van der Waals surface area contributed by atoms with E-state index in [4.69, 9.17) is 11.6 Å². The smallest absolute Gasteiger partial charge is 0.123 e. The molecule has 3 rings (SSSR count). The fourth-order valence-corrected chi connectivity index (χ4v) is 2.40. The average Bonchev–Trinajstić information content (AvgIpc) is 3.24. The molecule has 0 aromatic heterocycles. The predicted octanol–water partition coefficient (Wildman–Crippen LogP) is 4.40. The summed E-state index contributed by atoms with van der Waals surface area (Å²) in [5, 5.41) is 4.06. The first-order valence-electron chi connectivity index (χ1n) is 6.51. The number of rotatable bonds is 4. The molecule has 1 aliphatic rings. The summed E-state index contributed by atoms with van der Waals surface area (Å²) in [5.41, 5.74) is 2.91. The van der Waals surface area contributed by atoms with Gasteiger partial charge in [-0.1, -0.05) is 35.9 Å². The van der Waals surface area contributed by atoms with Gasteiger partial charge in [-0.15, -0.1) is 0 Å². The van der Waals surface area contributed by atoms with Crippen molar-refractivity contribution >= 4 is 11.6 Å². The zero-order valence-electron chi connectivity index (χ0n) is 10.5. The van der Waals surface area contributed by atoms with Crippen LogP contribution in [0.3, 0.4) is 0 Å². The third-order valence-corrected chi connectivity index (χ3v) is 3.72. The van der Waals surface area contributed by atoms with Crippen LogP contribution in [0.4, 0.5) is 4.39 Å². The molecule has 1 fully saturated rings. The molecule has 0 unspecified atom stereocenters. The Morgan fingerprint density at radius 1 is 1.11 bits per heavy atom. The summed E-state index contributed by atoms with van der Waals surface area (Å²) < 4.78 is 13.4. The second-order valence-electron chi connectivity index (χ2n) is 4.94. The molecule has 0 saturated heterocycles. The molecule has 0 atom stereocenters. The minimum absolute atomic E-state index is 0.260. The van der Waals surface area contributed by atoms with Crippen molar-refractivity contribution in [3.63, 3.8) is 0 Å². The summed E-state index contributed by atoms with van der Waals surface area (Å²) in [4.78, 5) is 0. The average molecular weight is 276 g/mol. The molecule has 0 aliphatic heterocycles. The van der Waals surface area contributed by atoms with Gasteiger partial charge < -0.3 is 5.32 Å². The van der Waals surface area contributed by atoms with Crippen LogP contribution in [0.5, 0.6) is 0 Å². The summed E-state index contributed by atoms with van der Waals surface area (Å²) in [6.45, 7) is 0.799. The van der Waals surface area contributed by atoms with Gasteiger partial charge in [0.1, 0.15) is 5.82 Å². The predicted molar refractivity (Wildman–Crippen MR) is 76.7 cm³/mol. The topological polar surface area (TPSA) is 12.0 Å². The quantitative estimate of drug-likeness (QED) is 0.872. The van der Waals surface area contributed by atoms with E-state index >= 15 is 0 Å². The minimum Gasteiger partial charge on any atom is -0.310 e. The van der Waals surface area contributed by atoms with E-state index in [1.807, 2.05) is 18.2 Å². The van der Waals surface area contributed by atoms with Crippen molar-refractivity contribution < 1.29 is 4.39 Å². The van der Waals surface area contributed by atoms with Crippen LogP contribution in [0.1, 0.15) is 18.4 Å². The van der Waals surface area contributed by atoms with Crippen LogP contribution in [0.25, 0.3) is 11.1 Å². The highest BCUT2D eigenvalue weighted by atomic mass is 35.5. The molecule has 0 bridgehead atoms. The molecule has 1 saturated carbocycles. The standard InChI is InChI=1S/C16H15ClFN/c17-16-8-5-12(18)9-15(16)14-4-2-1-3-11(14)10-19-13-6-7-13/h1-5,8-9,13,19H,6-7,10H2. The Kier molecular flexibility index (Phi) is 3.54. The van der Waals surface area contributed by atoms with Crippen molar-refractivity contribution in [1.29, 1.82) is 0 Å². The van der Waals surface area contributed by atoms with Crippen molar-refractivity contribution in [3.05, 3.63) is 58.9 Å². The van der Waals surface area contributed by atoms with E-state index in [2.05, 4.69) is 11.4 Å². The van der Waals surface area contributed by atoms with Crippen LogP contribution < -0.4 is 5.32 Å². The Morgan fingerprint density at radius 3 is 2.68 bits per heavy atom. The van der Waals surface area contributed by atoms with E-state index in [0.29, 0.717) is 11.1 Å². The van der Waals surface area contributed by atoms with Gasteiger partial charge in [0, 0.05) is 23.2 Å². The minimum atomic E-state index is -0.260. The second-order valence-corrected chi connectivity index (χ2v) is 5.34. The first kappa shape index (κ1) is 12.6. The Hall–Kier alpha value is -1.38. The monoisotopic (exact) mass is 275 g/mol. The number of hydrogen-bond acceptors (Lipinski definition) is 1. The highest BCUT2D eigenvalue weighted by molar-refractivity contribution is 6.33. The van der Waals surface area contributed by atoms with Crippen molar-refractivity contribution in [2.45, 2.75) is 25.4 Å². The third-order valence-electron chi connectivity index (χ3n) is 3.39. The van der Waals surface area contributed by atoms with E-state index < -0.39 is 0 Å². The molecule has 1 aliphatic carbocycles. The number of benzene rings is 2. The summed E-state index contributed by atoms with van der Waals surface area (Å²) in [5.74, 6) is -0.260. The molecule has 2 aromatic rings. The second kappa shape index (κ2) is 5.32. The molecule has 3 heteroatoms. The fraction of sp³-hybridized carbons (Fsp3) is 0.250. The van der Waals surface area contributed by atoms with Gasteiger partial charge in [-0.05, 0) is 42.2 Å². The highest BCUT2D eigenvalue weighted by Crippen LogP contribution is 2.31. The lowest BCUT2D eigenvalue weighted by molar-refractivity contribution is 0.628. The SMILES string of the molecule is Fc1ccc(Cl)c(-c2ccccc2CNC2CC2)c1. The first-order valence-corrected chi connectivity index (χ1v) is 6.88. The van der Waals surface area contributed by atoms with Crippen LogP contribution in [0.2, 0.25) is 5.02 Å². The van der Waals surface area contributed by atoms with Gasteiger partial charge in [0.2, 0.25) is 0 Å². The number of nitrogens with one attached hydrogen (secondary N) is 1. The van der Waals surface area contributed by atoms with E-state index in [-0.39, 0.29) is 5.82 Å². The lowest BCUT2D eigenvalue weighted by atomic mass is 9.99. The molecule has 19 heavy (non-hydrogen) atoms. The van der Waals surface area contributed by atoms with Crippen molar-refractivity contribution in [2.24, 2.45) is 0 Å². The molecular weight excluding hydrogens is 261 g/mol. The highest BCUT2D eigenvalue weighted by Gasteiger charge is 2.20. The van der Waals surface area contributed by atoms with E-state index in [1.165, 1.54) is 25.0 Å². The first-order chi connectivity index (χ1) is 9.24. The van der Waals surface area contributed by atoms with Crippen molar-refractivity contribution in [2.75, 3.05) is 0 Å².